The van der Waals surface area contributed by atoms with Gasteiger partial charge in [0.1, 0.15) is 0 Å². The Hall–Kier alpha value is -0.860. The van der Waals surface area contributed by atoms with Crippen LogP contribution in [0.4, 0.5) is 0 Å². The monoisotopic (exact) mass is 164 g/mol. The number of nitrogens with two attached hydrogens (primary N) is 1. The molecule has 1 aromatic rings. The van der Waals surface area contributed by atoms with Crippen molar-refractivity contribution in [1.82, 2.24) is 5.01 Å². The maximum Gasteiger partial charge on any atom is 0.0250 e. The van der Waals surface area contributed by atoms with Gasteiger partial charge in [-0.2, -0.15) is 0 Å². The van der Waals surface area contributed by atoms with Crippen LogP contribution in [0.5, 0.6) is 0 Å². The largest absolute Gasteiger partial charge is 0.269 e. The SMILES string of the molecule is C[C@@H](Cc1ccccc1)N(C)N. The van der Waals surface area contributed by atoms with Crippen molar-refractivity contribution in [3.05, 3.63) is 35.9 Å². The summed E-state index contributed by atoms with van der Waals surface area (Å²) in [5.74, 6) is 5.62. The number of likely N-dealkylation sites (N-methyl/N-ethyl adjacent to an activating group) is 1. The minimum atomic E-state index is 0.396. The average Bonchev–Trinajstić information content (AvgIpc) is 2.06. The van der Waals surface area contributed by atoms with Crippen LogP contribution in [-0.4, -0.2) is 18.1 Å². The van der Waals surface area contributed by atoms with Gasteiger partial charge in [0.15, 0.2) is 0 Å². The second-order valence-electron chi connectivity index (χ2n) is 3.20. The Morgan fingerprint density at radius 2 is 1.92 bits per heavy atom. The highest BCUT2D eigenvalue weighted by Gasteiger charge is 2.04. The van der Waals surface area contributed by atoms with Crippen LogP contribution in [0.1, 0.15) is 12.5 Å². The van der Waals surface area contributed by atoms with Crippen LogP contribution in [0.15, 0.2) is 30.3 Å². The quantitative estimate of drug-likeness (QED) is 0.541. The third-order valence-electron chi connectivity index (χ3n) is 2.07. The molecule has 0 heterocycles. The van der Waals surface area contributed by atoms with E-state index in [2.05, 4.69) is 31.2 Å². The molecule has 0 amide bonds. The summed E-state index contributed by atoms with van der Waals surface area (Å²) in [6.07, 6.45) is 1.01. The van der Waals surface area contributed by atoms with Gasteiger partial charge in [-0.25, -0.2) is 5.01 Å². The average molecular weight is 164 g/mol. The van der Waals surface area contributed by atoms with Crippen LogP contribution >= 0.6 is 0 Å². The van der Waals surface area contributed by atoms with Gasteiger partial charge < -0.3 is 0 Å². The summed E-state index contributed by atoms with van der Waals surface area (Å²) in [6, 6.07) is 10.8. The lowest BCUT2D eigenvalue weighted by atomic mass is 10.1. The molecule has 12 heavy (non-hydrogen) atoms. The maximum absolute atomic E-state index is 5.62. The molecule has 1 atom stereocenters. The lowest BCUT2D eigenvalue weighted by Crippen LogP contribution is -2.36. The molecule has 0 bridgehead atoms. The van der Waals surface area contributed by atoms with E-state index in [9.17, 15) is 0 Å². The summed E-state index contributed by atoms with van der Waals surface area (Å²) in [6.45, 7) is 2.12. The molecule has 0 aliphatic rings. The number of hydrogen-bond donors (Lipinski definition) is 1. The fraction of sp³-hybridized carbons (Fsp3) is 0.400. The summed E-state index contributed by atoms with van der Waals surface area (Å²) < 4.78 is 0. The van der Waals surface area contributed by atoms with E-state index >= 15 is 0 Å². The van der Waals surface area contributed by atoms with Gasteiger partial charge in [0, 0.05) is 13.1 Å². The fourth-order valence-corrected chi connectivity index (χ4v) is 1.10. The van der Waals surface area contributed by atoms with E-state index < -0.39 is 0 Å². The van der Waals surface area contributed by atoms with E-state index in [0.717, 1.165) is 6.42 Å². The molecular weight excluding hydrogens is 148 g/mol. The Morgan fingerprint density at radius 3 is 2.42 bits per heavy atom. The highest BCUT2D eigenvalue weighted by Crippen LogP contribution is 2.04. The van der Waals surface area contributed by atoms with Gasteiger partial charge in [0.05, 0.1) is 0 Å². The Labute approximate surface area is 74.0 Å². The first-order chi connectivity index (χ1) is 5.70. The van der Waals surface area contributed by atoms with Crippen molar-refractivity contribution >= 4 is 0 Å². The molecule has 0 aromatic heterocycles. The fourth-order valence-electron chi connectivity index (χ4n) is 1.10. The van der Waals surface area contributed by atoms with Crippen molar-refractivity contribution in [2.75, 3.05) is 7.05 Å². The zero-order valence-electron chi connectivity index (χ0n) is 7.70. The van der Waals surface area contributed by atoms with Crippen LogP contribution in [0.3, 0.4) is 0 Å². The molecule has 2 heteroatoms. The van der Waals surface area contributed by atoms with Gasteiger partial charge in [0.2, 0.25) is 0 Å². The van der Waals surface area contributed by atoms with E-state index in [-0.39, 0.29) is 0 Å². The summed E-state index contributed by atoms with van der Waals surface area (Å²) in [7, 11) is 1.90. The zero-order chi connectivity index (χ0) is 8.97. The molecule has 0 saturated heterocycles. The number of hydrogen-bond acceptors (Lipinski definition) is 2. The maximum atomic E-state index is 5.62. The first kappa shape index (κ1) is 9.23. The van der Waals surface area contributed by atoms with Crippen LogP contribution < -0.4 is 5.84 Å². The lowest BCUT2D eigenvalue weighted by molar-refractivity contribution is 0.264. The summed E-state index contributed by atoms with van der Waals surface area (Å²) in [5.41, 5.74) is 1.34. The first-order valence-corrected chi connectivity index (χ1v) is 4.21. The standard InChI is InChI=1S/C10H16N2/c1-9(12(2)11)8-10-6-4-3-5-7-10/h3-7,9H,8,11H2,1-2H3/t9-/m0/s1. The molecule has 0 unspecified atom stereocenters. The zero-order valence-corrected chi connectivity index (χ0v) is 7.70. The van der Waals surface area contributed by atoms with Crippen LogP contribution in [0, 0.1) is 0 Å². The van der Waals surface area contributed by atoms with Gasteiger partial charge >= 0.3 is 0 Å². The molecule has 0 radical (unpaired) electrons. The van der Waals surface area contributed by atoms with Crippen molar-refractivity contribution < 1.29 is 0 Å². The predicted octanol–water partition coefficient (Wildman–Crippen LogP) is 1.42. The van der Waals surface area contributed by atoms with E-state index in [1.54, 1.807) is 5.01 Å². The van der Waals surface area contributed by atoms with Crippen LogP contribution in [0.2, 0.25) is 0 Å². The van der Waals surface area contributed by atoms with Crippen molar-refractivity contribution in [3.63, 3.8) is 0 Å². The van der Waals surface area contributed by atoms with Crippen molar-refractivity contribution in [3.8, 4) is 0 Å². The Kier molecular flexibility index (Phi) is 3.26. The van der Waals surface area contributed by atoms with Gasteiger partial charge in [-0.3, -0.25) is 5.84 Å². The van der Waals surface area contributed by atoms with Crippen LogP contribution in [0.25, 0.3) is 0 Å². The molecule has 2 nitrogen and oxygen atoms in total. The molecule has 2 N–H and O–H groups in total. The number of benzene rings is 1. The number of rotatable bonds is 3. The van der Waals surface area contributed by atoms with Crippen LogP contribution in [-0.2, 0) is 6.42 Å². The van der Waals surface area contributed by atoms with E-state index in [0.29, 0.717) is 6.04 Å². The molecule has 0 aliphatic carbocycles. The highest BCUT2D eigenvalue weighted by molar-refractivity contribution is 5.15. The van der Waals surface area contributed by atoms with Crippen molar-refractivity contribution in [2.45, 2.75) is 19.4 Å². The lowest BCUT2D eigenvalue weighted by Gasteiger charge is -2.18. The van der Waals surface area contributed by atoms with Gasteiger partial charge in [-0.05, 0) is 18.9 Å². The topological polar surface area (TPSA) is 29.3 Å². The molecule has 1 rings (SSSR count). The molecular formula is C10H16N2. The van der Waals surface area contributed by atoms with E-state index in [1.165, 1.54) is 5.56 Å². The van der Waals surface area contributed by atoms with Gasteiger partial charge in [-0.1, -0.05) is 30.3 Å². The molecule has 0 saturated carbocycles. The van der Waals surface area contributed by atoms with E-state index in [4.69, 9.17) is 5.84 Å². The smallest absolute Gasteiger partial charge is 0.0250 e. The number of nitrogens with zero attached hydrogens (tertiary/aromatic N) is 1. The summed E-state index contributed by atoms with van der Waals surface area (Å²) in [5, 5.41) is 1.74. The Bertz CT molecular complexity index is 219. The second kappa shape index (κ2) is 4.24. The minimum absolute atomic E-state index is 0.396. The molecule has 66 valence electrons. The minimum Gasteiger partial charge on any atom is -0.269 e. The Morgan fingerprint density at radius 1 is 1.33 bits per heavy atom. The van der Waals surface area contributed by atoms with Crippen molar-refractivity contribution in [1.29, 1.82) is 0 Å². The normalized spacial score (nSPS) is 13.3. The van der Waals surface area contributed by atoms with E-state index in [1.807, 2.05) is 13.1 Å². The molecule has 1 aromatic carbocycles. The summed E-state index contributed by atoms with van der Waals surface area (Å²) in [4.78, 5) is 0. The third-order valence-corrected chi connectivity index (χ3v) is 2.07. The number of hydrazine groups is 1. The molecule has 0 spiro atoms. The second-order valence-corrected chi connectivity index (χ2v) is 3.20. The van der Waals surface area contributed by atoms with Crippen molar-refractivity contribution in [2.24, 2.45) is 5.84 Å². The summed E-state index contributed by atoms with van der Waals surface area (Å²) >= 11 is 0. The predicted molar refractivity (Wildman–Crippen MR) is 51.6 cm³/mol. The Balaban J connectivity index is 2.53. The first-order valence-electron chi connectivity index (χ1n) is 4.21. The molecule has 0 aliphatic heterocycles. The highest BCUT2D eigenvalue weighted by atomic mass is 15.4. The third kappa shape index (κ3) is 2.64. The van der Waals surface area contributed by atoms with Gasteiger partial charge in [0.25, 0.3) is 0 Å². The van der Waals surface area contributed by atoms with Gasteiger partial charge in [-0.15, -0.1) is 0 Å². The molecule has 0 fully saturated rings.